The zero-order valence-electron chi connectivity index (χ0n) is 17.5. The predicted octanol–water partition coefficient (Wildman–Crippen LogP) is 5.37. The summed E-state index contributed by atoms with van der Waals surface area (Å²) in [5.41, 5.74) is 11.2. The van der Waals surface area contributed by atoms with Crippen LogP contribution in [0.2, 0.25) is 10.0 Å². The first kappa shape index (κ1) is 24.0. The summed E-state index contributed by atoms with van der Waals surface area (Å²) in [6, 6.07) is 14.2. The molecule has 2 heterocycles. The van der Waals surface area contributed by atoms with Crippen molar-refractivity contribution >= 4 is 63.0 Å². The van der Waals surface area contributed by atoms with Crippen molar-refractivity contribution < 1.29 is 19.1 Å². The molecule has 33 heavy (non-hydrogen) atoms. The van der Waals surface area contributed by atoms with E-state index < -0.39 is 0 Å². The Hall–Kier alpha value is -3.64. The number of aromatic nitrogens is 2. The van der Waals surface area contributed by atoms with Crippen LogP contribution in [0.1, 0.15) is 22.8 Å². The average Bonchev–Trinajstić information content (AvgIpc) is 2.79. The molecule has 9 heteroatoms. The first-order valence-electron chi connectivity index (χ1n) is 9.86. The lowest BCUT2D eigenvalue weighted by Gasteiger charge is -2.04. The van der Waals surface area contributed by atoms with Crippen molar-refractivity contribution in [2.45, 2.75) is 13.3 Å². The maximum absolute atomic E-state index is 11.4. The zero-order valence-corrected chi connectivity index (χ0v) is 19.0. The van der Waals surface area contributed by atoms with Gasteiger partial charge < -0.3 is 10.3 Å². The normalized spacial score (nSPS) is 10.2. The number of ketones is 1. The van der Waals surface area contributed by atoms with Crippen molar-refractivity contribution in [2.24, 2.45) is 0 Å². The highest BCUT2D eigenvalue weighted by atomic mass is 35.5. The topological polar surface area (TPSA) is 106 Å². The monoisotopic (exact) mass is 480 g/mol. The molecule has 0 amide bonds. The van der Waals surface area contributed by atoms with Gasteiger partial charge in [0.05, 0.1) is 34.1 Å². The van der Waals surface area contributed by atoms with Crippen LogP contribution < -0.4 is 0 Å². The number of ether oxygens (including phenoxy) is 1. The summed E-state index contributed by atoms with van der Waals surface area (Å²) < 4.78 is 4.90. The molecule has 0 aliphatic heterocycles. The lowest BCUT2D eigenvalue weighted by atomic mass is 10.1. The minimum atomic E-state index is -0.371. The van der Waals surface area contributed by atoms with E-state index in [9.17, 15) is 9.59 Å². The number of fused-ring (bicyclic) bond motifs is 2. The van der Waals surface area contributed by atoms with Crippen LogP contribution in [0.15, 0.2) is 60.9 Å². The van der Waals surface area contributed by atoms with Gasteiger partial charge in [0.2, 0.25) is 0 Å². The summed E-state index contributed by atoms with van der Waals surface area (Å²) in [7, 11) is 0. The molecule has 0 saturated heterocycles. The van der Waals surface area contributed by atoms with Crippen molar-refractivity contribution in [3.8, 4) is 0 Å². The fourth-order valence-electron chi connectivity index (χ4n) is 3.03. The number of halogens is 2. The van der Waals surface area contributed by atoms with E-state index in [1.54, 1.807) is 43.6 Å². The van der Waals surface area contributed by atoms with Gasteiger partial charge in [0, 0.05) is 28.7 Å². The molecule has 0 unspecified atom stereocenters. The number of nitrogens with zero attached hydrogens (tertiary/aromatic N) is 4. The molecule has 4 aromatic rings. The van der Waals surface area contributed by atoms with Gasteiger partial charge in [0.15, 0.2) is 0 Å². The van der Waals surface area contributed by atoms with Crippen molar-refractivity contribution in [2.75, 3.05) is 6.61 Å². The third-order valence-corrected chi connectivity index (χ3v) is 4.89. The smallest absolute Gasteiger partial charge is 0.328 e. The summed E-state index contributed by atoms with van der Waals surface area (Å²) in [6.45, 7) is 2.20. The molecule has 0 aliphatic carbocycles. The van der Waals surface area contributed by atoms with Gasteiger partial charge in [-0.25, -0.2) is 0 Å². The van der Waals surface area contributed by atoms with E-state index in [4.69, 9.17) is 33.5 Å². The maximum Gasteiger partial charge on any atom is 0.328 e. The minimum Gasteiger partial charge on any atom is -0.466 e. The zero-order chi connectivity index (χ0) is 23.8. The number of Topliss-reactive ketones (excluding diaryl/α,β-unsaturated/α-hetero) is 1. The molecule has 0 aliphatic rings. The van der Waals surface area contributed by atoms with Gasteiger partial charge in [0.1, 0.15) is 0 Å². The Balaban J connectivity index is 0.000000186. The summed E-state index contributed by atoms with van der Waals surface area (Å²) in [5.74, 6) is -0.591. The van der Waals surface area contributed by atoms with E-state index in [-0.39, 0.29) is 18.2 Å². The number of carbonyl (C=O) groups is 2. The molecular weight excluding hydrogens is 463 g/mol. The molecule has 2 aromatic carbocycles. The lowest BCUT2D eigenvalue weighted by molar-refractivity contribution is -0.142. The third kappa shape index (κ3) is 6.67. The van der Waals surface area contributed by atoms with Crippen LogP contribution >= 0.6 is 23.2 Å². The molecule has 7 nitrogen and oxygen atoms in total. The van der Waals surface area contributed by atoms with Crippen LogP contribution in [0, 0.1) is 0 Å². The summed E-state index contributed by atoms with van der Waals surface area (Å²) in [6.07, 6.45) is 4.27. The molecule has 0 radical (unpaired) electrons. The van der Waals surface area contributed by atoms with Crippen molar-refractivity contribution in [1.82, 2.24) is 9.97 Å². The quantitative estimate of drug-likeness (QED) is 0.125. The summed E-state index contributed by atoms with van der Waals surface area (Å²) >= 11 is 11.7. The van der Waals surface area contributed by atoms with Crippen LogP contribution in [0.4, 0.5) is 0 Å². The maximum atomic E-state index is 11.4. The number of pyridine rings is 2. The number of benzene rings is 2. The minimum absolute atomic E-state index is 0.221. The number of hydrogen-bond donors (Lipinski definition) is 0. The van der Waals surface area contributed by atoms with Gasteiger partial charge in [-0.2, -0.15) is 4.79 Å². The van der Waals surface area contributed by atoms with Gasteiger partial charge >= 0.3 is 12.2 Å². The largest absolute Gasteiger partial charge is 0.466 e. The van der Waals surface area contributed by atoms with E-state index >= 15 is 0 Å². The van der Waals surface area contributed by atoms with Crippen LogP contribution in [0.5, 0.6) is 0 Å². The second-order valence-corrected chi connectivity index (χ2v) is 7.71. The van der Waals surface area contributed by atoms with E-state index in [1.807, 2.05) is 24.3 Å². The number of carbonyl (C=O) groups excluding carboxylic acids is 2. The second kappa shape index (κ2) is 11.3. The van der Waals surface area contributed by atoms with Crippen molar-refractivity contribution in [3.63, 3.8) is 0 Å². The predicted molar refractivity (Wildman–Crippen MR) is 128 cm³/mol. The highest BCUT2D eigenvalue weighted by Crippen LogP contribution is 2.19. The highest BCUT2D eigenvalue weighted by molar-refractivity contribution is 6.34. The van der Waals surface area contributed by atoms with Crippen LogP contribution in [-0.2, 0) is 16.0 Å². The molecule has 0 atom stereocenters. The number of rotatable bonds is 5. The van der Waals surface area contributed by atoms with E-state index in [1.165, 1.54) is 0 Å². The summed E-state index contributed by atoms with van der Waals surface area (Å²) in [4.78, 5) is 33.7. The Morgan fingerprint density at radius 1 is 0.970 bits per heavy atom. The van der Waals surface area contributed by atoms with E-state index in [2.05, 4.69) is 14.8 Å². The Morgan fingerprint density at radius 3 is 2.18 bits per heavy atom. The molecule has 4 rings (SSSR count). The van der Waals surface area contributed by atoms with E-state index in [0.29, 0.717) is 22.2 Å². The standard InChI is InChI=1S/C13H12ClNO2.C11H6ClN3O/c1-2-17-13(16)6-9-3-4-12-10(5-9)7-11(14)8-15-12;12-9-4-8-3-7(11(16)6-15-13)1-2-10(8)14-5-9/h3-5,7-8H,2,6H2,1H3;1-6H. The molecule has 0 saturated carbocycles. The molecule has 0 bridgehead atoms. The Morgan fingerprint density at radius 2 is 1.58 bits per heavy atom. The second-order valence-electron chi connectivity index (χ2n) is 6.83. The molecule has 166 valence electrons. The third-order valence-electron chi connectivity index (χ3n) is 4.47. The summed E-state index contributed by atoms with van der Waals surface area (Å²) in [5, 5.41) is 2.79. The first-order valence-corrected chi connectivity index (χ1v) is 10.6. The molecule has 0 fully saturated rings. The fraction of sp³-hybridized carbons (Fsp3) is 0.125. The Bertz CT molecular complexity index is 1390. The van der Waals surface area contributed by atoms with Gasteiger partial charge in [-0.1, -0.05) is 29.3 Å². The van der Waals surface area contributed by atoms with Crippen molar-refractivity contribution in [3.05, 3.63) is 87.6 Å². The van der Waals surface area contributed by atoms with Crippen LogP contribution in [0.25, 0.3) is 27.3 Å². The van der Waals surface area contributed by atoms with Gasteiger partial charge in [-0.15, -0.1) is 0 Å². The Labute approximate surface area is 199 Å². The van der Waals surface area contributed by atoms with Gasteiger partial charge in [-0.05, 0) is 55.0 Å². The molecule has 0 spiro atoms. The molecular formula is C24H18Cl2N4O3. The Kier molecular flexibility index (Phi) is 8.22. The first-order chi connectivity index (χ1) is 15.9. The van der Waals surface area contributed by atoms with Gasteiger partial charge in [-0.3, -0.25) is 19.6 Å². The SMILES string of the molecule is CCOC(=O)Cc1ccc2ncc(Cl)cc2c1.[N-]=[N+]=CC(=O)c1ccc2ncc(Cl)cc2c1. The molecule has 0 N–H and O–H groups in total. The average molecular weight is 481 g/mol. The number of esters is 1. The molecule has 2 aromatic heterocycles. The van der Waals surface area contributed by atoms with Crippen LogP contribution in [-0.4, -0.2) is 39.3 Å². The lowest BCUT2D eigenvalue weighted by Crippen LogP contribution is -2.07. The van der Waals surface area contributed by atoms with Crippen LogP contribution in [0.3, 0.4) is 0 Å². The highest BCUT2D eigenvalue weighted by Gasteiger charge is 2.08. The van der Waals surface area contributed by atoms with E-state index in [0.717, 1.165) is 33.6 Å². The van der Waals surface area contributed by atoms with Gasteiger partial charge in [0.25, 0.3) is 5.78 Å². The number of hydrogen-bond acceptors (Lipinski definition) is 5. The van der Waals surface area contributed by atoms with Crippen molar-refractivity contribution in [1.29, 1.82) is 0 Å². The fourth-order valence-corrected chi connectivity index (χ4v) is 3.36.